The molecule has 0 saturated carbocycles. The topological polar surface area (TPSA) is 339 Å². The first-order chi connectivity index (χ1) is 23.3. The van der Waals surface area contributed by atoms with Crippen LogP contribution in [0, 0.1) is 16.0 Å². The molecule has 2 aliphatic rings. The van der Waals surface area contributed by atoms with Gasteiger partial charge in [-0.1, -0.05) is 12.2 Å². The van der Waals surface area contributed by atoms with Gasteiger partial charge in [-0.15, -0.1) is 11.3 Å². The predicted molar refractivity (Wildman–Crippen MR) is 170 cm³/mol. The molecule has 29 heteroatoms. The van der Waals surface area contributed by atoms with E-state index in [0.717, 1.165) is 11.3 Å². The highest BCUT2D eigenvalue weighted by Gasteiger charge is 2.56. The largest absolute Gasteiger partial charge is 0.490 e. The number of nitrogen functional groups attached to an aromatic ring is 1. The quantitative estimate of drug-likeness (QED) is 0.0518. The number of nitriles is 1. The van der Waals surface area contributed by atoms with Gasteiger partial charge in [-0.05, 0) is 0 Å². The molecule has 272 valence electrons. The maximum absolute atomic E-state index is 13.5. The third-order valence-electron chi connectivity index (χ3n) is 6.71. The van der Waals surface area contributed by atoms with E-state index in [2.05, 4.69) is 41.5 Å². The highest BCUT2D eigenvalue weighted by atomic mass is 32.1. The first-order valence-corrected chi connectivity index (χ1v) is 19.7. The number of esters is 1. The molecule has 6 unspecified atom stereocenters. The lowest BCUT2D eigenvalue weighted by molar-refractivity contribution is -0.166. The number of thiol groups is 1. The fraction of sp³-hybridized carbons (Fsp3) is 0.429. The number of hydrogen-bond acceptors (Lipinski definition) is 19. The number of nitrogens with one attached hydrogen (secondary N) is 2. The minimum absolute atomic E-state index is 0.00521. The van der Waals surface area contributed by atoms with E-state index in [1.807, 2.05) is 6.07 Å². The number of nitrogens with two attached hydrogens (primary N) is 1. The summed E-state index contributed by atoms with van der Waals surface area (Å²) in [6, 6.07) is 1.97. The molecular formula is C21H24N7O16P3S3. The molecule has 23 nitrogen and oxygen atoms in total. The standard InChI is InChI=1S/C21H24N7O16P3S3/c1-38-11(29)2-9-12(7(3-22)10(5-48)50-9)25-17(30)20-41-14-8(4-39-46(34,35)44-47(36,37)43-45(31,32)33)40-19(15(14)42-20)28-6-24-13-16(28)26-21(23)27-18(13)49/h6,8,14-15,19-20,48H,2,4-5H2,1H3,(H,25,30)(H,34,35)(H,36,37)(H2,31,32,33)(H3,23,26,27,49)/t8?,14?,15?,19?,20-/m1/s1. The fourth-order valence-electron chi connectivity index (χ4n) is 4.83. The summed E-state index contributed by atoms with van der Waals surface area (Å²) in [5.74, 6) is -1.59. The average molecular weight is 820 g/mol. The van der Waals surface area contributed by atoms with E-state index in [-0.39, 0.29) is 50.1 Å². The van der Waals surface area contributed by atoms with Crippen molar-refractivity contribution in [3.05, 3.63) is 26.3 Å². The van der Waals surface area contributed by atoms with Crippen molar-refractivity contribution < 1.29 is 75.0 Å². The van der Waals surface area contributed by atoms with E-state index >= 15 is 0 Å². The average Bonchev–Trinajstić information content (AvgIpc) is 3.76. The second-order valence-corrected chi connectivity index (χ2v) is 16.3. The molecule has 5 heterocycles. The fourth-order valence-corrected chi connectivity index (χ4v) is 9.52. The zero-order chi connectivity index (χ0) is 36.8. The number of H-pyrrole nitrogens is 1. The van der Waals surface area contributed by atoms with Crippen molar-refractivity contribution in [2.75, 3.05) is 24.8 Å². The maximum atomic E-state index is 13.5. The summed E-state index contributed by atoms with van der Waals surface area (Å²) in [6.07, 6.45) is -5.98. The Morgan fingerprint density at radius 3 is 2.52 bits per heavy atom. The van der Waals surface area contributed by atoms with E-state index < -0.39 is 72.8 Å². The number of aromatic amines is 1. The van der Waals surface area contributed by atoms with Gasteiger partial charge in [0.05, 0.1) is 37.7 Å². The van der Waals surface area contributed by atoms with Crippen molar-refractivity contribution in [1.29, 1.82) is 5.26 Å². The van der Waals surface area contributed by atoms with Crippen molar-refractivity contribution >= 4 is 94.3 Å². The molecule has 8 N–H and O–H groups in total. The van der Waals surface area contributed by atoms with Crippen LogP contribution in [0.4, 0.5) is 11.6 Å². The smallest absolute Gasteiger partial charge is 0.469 e. The molecule has 3 aromatic heterocycles. The van der Waals surface area contributed by atoms with Crippen molar-refractivity contribution in [3.63, 3.8) is 0 Å². The van der Waals surface area contributed by atoms with E-state index in [9.17, 15) is 38.3 Å². The molecule has 0 aliphatic carbocycles. The second-order valence-electron chi connectivity index (χ2n) is 9.97. The van der Waals surface area contributed by atoms with Crippen LogP contribution in [0.3, 0.4) is 0 Å². The van der Waals surface area contributed by atoms with Crippen LogP contribution in [0.25, 0.3) is 11.2 Å². The molecular weight excluding hydrogens is 795 g/mol. The number of anilines is 2. The van der Waals surface area contributed by atoms with Crippen molar-refractivity contribution in [1.82, 2.24) is 19.5 Å². The Hall–Kier alpha value is -2.66. The van der Waals surface area contributed by atoms with Gasteiger partial charge in [0.1, 0.15) is 35.5 Å². The van der Waals surface area contributed by atoms with Crippen molar-refractivity contribution in [2.45, 2.75) is 43.0 Å². The molecule has 2 fully saturated rings. The Bertz CT molecular complexity index is 2080. The van der Waals surface area contributed by atoms with Crippen LogP contribution >= 0.6 is 59.7 Å². The summed E-state index contributed by atoms with van der Waals surface area (Å²) < 4.78 is 71.2. The molecule has 2 saturated heterocycles. The Kier molecular flexibility index (Phi) is 11.4. The molecule has 0 aromatic carbocycles. The number of aromatic nitrogens is 4. The summed E-state index contributed by atoms with van der Waals surface area (Å²) >= 11 is 10.5. The SMILES string of the molecule is COC(=O)Cc1sc(CS)c(C#N)c1NC(=O)[C@@H]1OC2C(COP(=O)(O)OP(=O)(O)OP(=O)(O)O)OC(n3cnc4c(=S)nc(N)[nH]c43)C2O1. The van der Waals surface area contributed by atoms with Crippen LogP contribution in [0.2, 0.25) is 0 Å². The first kappa shape index (κ1) is 38.6. The number of ether oxygens (including phenoxy) is 4. The molecule has 3 aromatic rings. The zero-order valence-electron chi connectivity index (χ0n) is 24.7. The summed E-state index contributed by atoms with van der Waals surface area (Å²) in [7, 11) is -15.9. The number of thiophene rings is 1. The number of phosphoric acid groups is 3. The minimum Gasteiger partial charge on any atom is -0.469 e. The molecule has 50 heavy (non-hydrogen) atoms. The molecule has 1 amide bonds. The Morgan fingerprint density at radius 2 is 1.88 bits per heavy atom. The third kappa shape index (κ3) is 8.51. The highest BCUT2D eigenvalue weighted by Crippen LogP contribution is 2.66. The lowest BCUT2D eigenvalue weighted by Gasteiger charge is -2.22. The Morgan fingerprint density at radius 1 is 1.18 bits per heavy atom. The molecule has 0 spiro atoms. The van der Waals surface area contributed by atoms with Gasteiger partial charge in [0, 0.05) is 15.5 Å². The number of imidazole rings is 1. The number of methoxy groups -OCH3 is 1. The zero-order valence-corrected chi connectivity index (χ0v) is 30.0. The van der Waals surface area contributed by atoms with Gasteiger partial charge in [0.15, 0.2) is 16.8 Å². The summed E-state index contributed by atoms with van der Waals surface area (Å²) in [5, 5.41) is 12.3. The van der Waals surface area contributed by atoms with E-state index in [1.165, 1.54) is 18.0 Å². The lowest BCUT2D eigenvalue weighted by Crippen LogP contribution is -2.34. The number of nitrogens with zero attached hydrogens (tertiary/aromatic N) is 4. The van der Waals surface area contributed by atoms with Gasteiger partial charge in [-0.25, -0.2) is 23.7 Å². The van der Waals surface area contributed by atoms with Gasteiger partial charge in [-0.3, -0.25) is 18.7 Å². The van der Waals surface area contributed by atoms with Gasteiger partial charge in [-0.2, -0.15) is 26.5 Å². The summed E-state index contributed by atoms with van der Waals surface area (Å²) in [6.45, 7) is -0.969. The summed E-state index contributed by atoms with van der Waals surface area (Å²) in [4.78, 5) is 74.2. The third-order valence-corrected chi connectivity index (χ3v) is 12.5. The number of fused-ring (bicyclic) bond motifs is 2. The lowest BCUT2D eigenvalue weighted by atomic mass is 10.1. The van der Waals surface area contributed by atoms with Crippen LogP contribution in [0.1, 0.15) is 21.5 Å². The Labute approximate surface area is 293 Å². The normalized spacial score (nSPS) is 24.3. The number of rotatable bonds is 13. The number of hydrogen-bond donors (Lipinski definition) is 8. The van der Waals surface area contributed by atoms with Gasteiger partial charge in [0.2, 0.25) is 6.29 Å². The molecule has 2 aliphatic heterocycles. The first-order valence-electron chi connectivity index (χ1n) is 13.4. The van der Waals surface area contributed by atoms with Crippen LogP contribution in [-0.2, 0) is 67.6 Å². The van der Waals surface area contributed by atoms with Crippen LogP contribution in [0.15, 0.2) is 6.33 Å². The van der Waals surface area contributed by atoms with E-state index in [4.69, 9.17) is 51.2 Å². The van der Waals surface area contributed by atoms with Crippen molar-refractivity contribution in [3.8, 4) is 6.07 Å². The molecule has 7 atom stereocenters. The van der Waals surface area contributed by atoms with Gasteiger partial charge in [0.25, 0.3) is 5.91 Å². The van der Waals surface area contributed by atoms with Crippen LogP contribution in [-0.4, -0.2) is 89.3 Å². The second kappa shape index (κ2) is 14.8. The number of amides is 1. The number of carbonyl (C=O) groups is 2. The minimum atomic E-state index is -5.84. The predicted octanol–water partition coefficient (Wildman–Crippen LogP) is 1.14. The molecule has 0 bridgehead atoms. The van der Waals surface area contributed by atoms with E-state index in [1.54, 1.807) is 0 Å². The monoisotopic (exact) mass is 819 g/mol. The summed E-state index contributed by atoms with van der Waals surface area (Å²) in [5.41, 5.74) is 6.21. The molecule has 5 rings (SSSR count). The Balaban J connectivity index is 1.42. The maximum Gasteiger partial charge on any atom is 0.490 e. The number of carbonyl (C=O) groups excluding carboxylic acids is 2. The van der Waals surface area contributed by atoms with Crippen LogP contribution in [0.5, 0.6) is 0 Å². The van der Waals surface area contributed by atoms with Gasteiger partial charge < -0.3 is 54.6 Å². The highest BCUT2D eigenvalue weighted by molar-refractivity contribution is 7.79. The number of phosphoric ester groups is 1. The molecule has 0 radical (unpaired) electrons. The van der Waals surface area contributed by atoms with Gasteiger partial charge >= 0.3 is 29.4 Å². The van der Waals surface area contributed by atoms with Crippen LogP contribution < -0.4 is 11.1 Å². The van der Waals surface area contributed by atoms with Crippen molar-refractivity contribution in [2.24, 2.45) is 0 Å². The van der Waals surface area contributed by atoms with E-state index in [0.29, 0.717) is 4.88 Å².